The smallest absolute Gasteiger partial charge is 0.226 e. The van der Waals surface area contributed by atoms with E-state index in [1.807, 2.05) is 6.07 Å². The lowest BCUT2D eigenvalue weighted by Gasteiger charge is -2.24. The number of aromatic nitrogens is 1. The highest BCUT2D eigenvalue weighted by Crippen LogP contribution is 2.36. The molecule has 25 heavy (non-hydrogen) atoms. The Hall–Kier alpha value is -2.76. The van der Waals surface area contributed by atoms with Gasteiger partial charge < -0.3 is 10.2 Å². The first-order valence-corrected chi connectivity index (χ1v) is 8.24. The molecule has 0 radical (unpaired) electrons. The first kappa shape index (κ1) is 17.1. The zero-order valence-electron chi connectivity index (χ0n) is 14.0. The van der Waals surface area contributed by atoms with E-state index >= 15 is 0 Å². The van der Waals surface area contributed by atoms with Crippen LogP contribution in [0.2, 0.25) is 0 Å². The minimum Gasteiger partial charge on any atom is -0.355 e. The molecule has 2 atom stereocenters. The molecule has 0 saturated carbocycles. The van der Waals surface area contributed by atoms with Crippen molar-refractivity contribution in [1.29, 1.82) is 0 Å². The lowest BCUT2D eigenvalue weighted by atomic mass is 9.94. The van der Waals surface area contributed by atoms with Gasteiger partial charge in [-0.2, -0.15) is 0 Å². The number of hydrogen-bond donors (Lipinski definition) is 1. The Bertz CT molecular complexity index is 766. The average Bonchev–Trinajstić information content (AvgIpc) is 2.92. The van der Waals surface area contributed by atoms with Crippen LogP contribution in [-0.4, -0.2) is 35.3 Å². The molecule has 2 heterocycles. The zero-order valence-corrected chi connectivity index (χ0v) is 14.0. The molecule has 1 aromatic carbocycles. The van der Waals surface area contributed by atoms with Crippen LogP contribution < -0.4 is 5.32 Å². The maximum Gasteiger partial charge on any atom is 0.226 e. The van der Waals surface area contributed by atoms with Crippen molar-refractivity contribution in [3.63, 3.8) is 0 Å². The summed E-state index contributed by atoms with van der Waals surface area (Å²) in [4.78, 5) is 30.4. The van der Waals surface area contributed by atoms with Crippen LogP contribution >= 0.6 is 0 Å². The lowest BCUT2D eigenvalue weighted by Crippen LogP contribution is -2.35. The molecule has 1 aliphatic rings. The molecular formula is C19H20FN3O2. The quantitative estimate of drug-likeness (QED) is 0.906. The number of amides is 2. The molecule has 2 aromatic rings. The summed E-state index contributed by atoms with van der Waals surface area (Å²) in [6.07, 6.45) is 3.91. The summed E-state index contributed by atoms with van der Waals surface area (Å²) in [7, 11) is 1.70. The molecule has 1 fully saturated rings. The monoisotopic (exact) mass is 341 g/mol. The van der Waals surface area contributed by atoms with E-state index < -0.39 is 5.92 Å². The number of nitrogens with one attached hydrogen (secondary N) is 1. The molecule has 5 nitrogen and oxygen atoms in total. The molecule has 1 saturated heterocycles. The van der Waals surface area contributed by atoms with Crippen molar-refractivity contribution in [3.05, 3.63) is 65.7 Å². The van der Waals surface area contributed by atoms with E-state index in [1.54, 1.807) is 48.6 Å². The molecule has 1 N–H and O–H groups in total. The Kier molecular flexibility index (Phi) is 5.07. The van der Waals surface area contributed by atoms with Crippen molar-refractivity contribution >= 4 is 11.8 Å². The summed E-state index contributed by atoms with van der Waals surface area (Å²) in [5.74, 6) is -1.01. The second kappa shape index (κ2) is 7.42. The molecule has 0 aliphatic carbocycles. The molecule has 3 rings (SSSR count). The maximum atomic E-state index is 13.6. The number of likely N-dealkylation sites (tertiary alicyclic amines) is 1. The maximum absolute atomic E-state index is 13.6. The standard InChI is InChI=1S/C19H20FN3O2/c1-23-17(24)11-15(18(23)14-6-4-9-21-12-14)19(25)22-10-8-13-5-2-3-7-16(13)20/h2-7,9,12,15,18H,8,10-11H2,1H3,(H,22,25)/t15-,18+/m1/s1. The fraction of sp³-hybridized carbons (Fsp3) is 0.316. The van der Waals surface area contributed by atoms with Crippen molar-refractivity contribution in [3.8, 4) is 0 Å². The van der Waals surface area contributed by atoms with Gasteiger partial charge in [0.05, 0.1) is 12.0 Å². The van der Waals surface area contributed by atoms with Crippen molar-refractivity contribution in [2.24, 2.45) is 5.92 Å². The first-order valence-electron chi connectivity index (χ1n) is 8.24. The fourth-order valence-electron chi connectivity index (χ4n) is 3.26. The van der Waals surface area contributed by atoms with Gasteiger partial charge in [0.15, 0.2) is 0 Å². The van der Waals surface area contributed by atoms with Crippen LogP contribution in [0.15, 0.2) is 48.8 Å². The van der Waals surface area contributed by atoms with Crippen LogP contribution in [-0.2, 0) is 16.0 Å². The predicted molar refractivity (Wildman–Crippen MR) is 91.0 cm³/mol. The van der Waals surface area contributed by atoms with Crippen molar-refractivity contribution in [2.75, 3.05) is 13.6 Å². The van der Waals surface area contributed by atoms with E-state index in [4.69, 9.17) is 0 Å². The van der Waals surface area contributed by atoms with Crippen LogP contribution in [0.1, 0.15) is 23.6 Å². The second-order valence-corrected chi connectivity index (χ2v) is 6.18. The third-order valence-electron chi connectivity index (χ3n) is 4.60. The average molecular weight is 341 g/mol. The Morgan fingerprint density at radius 1 is 1.32 bits per heavy atom. The van der Waals surface area contributed by atoms with Gasteiger partial charge in [0.1, 0.15) is 5.82 Å². The number of benzene rings is 1. The van der Waals surface area contributed by atoms with Gasteiger partial charge in [0.2, 0.25) is 11.8 Å². The summed E-state index contributed by atoms with van der Waals surface area (Å²) in [6, 6.07) is 9.84. The summed E-state index contributed by atoms with van der Waals surface area (Å²) < 4.78 is 13.6. The summed E-state index contributed by atoms with van der Waals surface area (Å²) in [5.41, 5.74) is 1.40. The highest BCUT2D eigenvalue weighted by Gasteiger charge is 2.42. The molecule has 1 aromatic heterocycles. The van der Waals surface area contributed by atoms with Gasteiger partial charge in [-0.1, -0.05) is 24.3 Å². The third kappa shape index (κ3) is 3.68. The molecule has 6 heteroatoms. The number of halogens is 1. The van der Waals surface area contributed by atoms with Gasteiger partial charge in [-0.15, -0.1) is 0 Å². The van der Waals surface area contributed by atoms with Crippen LogP contribution in [0.25, 0.3) is 0 Å². The number of nitrogens with zero attached hydrogens (tertiary/aromatic N) is 2. The van der Waals surface area contributed by atoms with Gasteiger partial charge in [0.25, 0.3) is 0 Å². The Labute approximate surface area is 145 Å². The highest BCUT2D eigenvalue weighted by molar-refractivity contribution is 5.90. The van der Waals surface area contributed by atoms with Gasteiger partial charge in [0, 0.05) is 32.4 Å². The number of rotatable bonds is 5. The number of hydrogen-bond acceptors (Lipinski definition) is 3. The summed E-state index contributed by atoms with van der Waals surface area (Å²) >= 11 is 0. The van der Waals surface area contributed by atoms with Crippen molar-refractivity contribution < 1.29 is 14.0 Å². The molecule has 1 aliphatic heterocycles. The summed E-state index contributed by atoms with van der Waals surface area (Å²) in [5, 5.41) is 2.84. The van der Waals surface area contributed by atoms with E-state index in [9.17, 15) is 14.0 Å². The highest BCUT2D eigenvalue weighted by atomic mass is 19.1. The van der Waals surface area contributed by atoms with Crippen LogP contribution in [0, 0.1) is 11.7 Å². The molecule has 0 spiro atoms. The van der Waals surface area contributed by atoms with Gasteiger partial charge >= 0.3 is 0 Å². The largest absolute Gasteiger partial charge is 0.355 e. The Balaban J connectivity index is 1.66. The van der Waals surface area contributed by atoms with E-state index in [1.165, 1.54) is 6.07 Å². The number of pyridine rings is 1. The summed E-state index contributed by atoms with van der Waals surface area (Å²) in [6.45, 7) is 0.327. The predicted octanol–water partition coefficient (Wildman–Crippen LogP) is 2.10. The van der Waals surface area contributed by atoms with E-state index in [0.717, 1.165) is 5.56 Å². The topological polar surface area (TPSA) is 62.3 Å². The number of carbonyl (C=O) groups is 2. The fourth-order valence-corrected chi connectivity index (χ4v) is 3.26. The molecule has 0 bridgehead atoms. The SMILES string of the molecule is CN1C(=O)C[C@@H](C(=O)NCCc2ccccc2F)[C@@H]1c1cccnc1. The van der Waals surface area contributed by atoms with Crippen molar-refractivity contribution in [1.82, 2.24) is 15.2 Å². The van der Waals surface area contributed by atoms with E-state index in [2.05, 4.69) is 10.3 Å². The van der Waals surface area contributed by atoms with Gasteiger partial charge in [-0.3, -0.25) is 14.6 Å². The third-order valence-corrected chi connectivity index (χ3v) is 4.60. The Morgan fingerprint density at radius 2 is 2.12 bits per heavy atom. The molecular weight excluding hydrogens is 321 g/mol. The van der Waals surface area contributed by atoms with Crippen LogP contribution in [0.3, 0.4) is 0 Å². The minimum absolute atomic E-state index is 0.0666. The normalized spacial score (nSPS) is 19.9. The van der Waals surface area contributed by atoms with Gasteiger partial charge in [-0.25, -0.2) is 4.39 Å². The molecule has 0 unspecified atom stereocenters. The number of carbonyl (C=O) groups excluding carboxylic acids is 2. The minimum atomic E-state index is -0.470. The molecule has 130 valence electrons. The van der Waals surface area contributed by atoms with Crippen molar-refractivity contribution in [2.45, 2.75) is 18.9 Å². The van der Waals surface area contributed by atoms with E-state index in [0.29, 0.717) is 18.5 Å². The molecule has 2 amide bonds. The second-order valence-electron chi connectivity index (χ2n) is 6.18. The lowest BCUT2D eigenvalue weighted by molar-refractivity contribution is -0.128. The van der Waals surface area contributed by atoms with Crippen LogP contribution in [0.5, 0.6) is 0 Å². The van der Waals surface area contributed by atoms with Gasteiger partial charge in [-0.05, 0) is 29.7 Å². The Morgan fingerprint density at radius 3 is 2.84 bits per heavy atom. The first-order chi connectivity index (χ1) is 12.1. The van der Waals surface area contributed by atoms with E-state index in [-0.39, 0.29) is 30.1 Å². The zero-order chi connectivity index (χ0) is 17.8. The van der Waals surface area contributed by atoms with Crippen LogP contribution in [0.4, 0.5) is 4.39 Å².